The van der Waals surface area contributed by atoms with Crippen molar-refractivity contribution < 1.29 is 9.53 Å². The molecule has 2 aromatic rings. The SMILES string of the molecule is CCOC(=O)C1C(C)(C)C=CC1(c1ccccc1)c1ccccc1. The molecule has 1 aliphatic rings. The average Bonchev–Trinajstić information content (AvgIpc) is 2.89. The molecule has 0 amide bonds. The lowest BCUT2D eigenvalue weighted by atomic mass is 9.62. The van der Waals surface area contributed by atoms with E-state index in [-0.39, 0.29) is 17.3 Å². The van der Waals surface area contributed by atoms with E-state index in [0.29, 0.717) is 6.61 Å². The number of allylic oxidation sites excluding steroid dienone is 2. The monoisotopic (exact) mass is 320 g/mol. The molecule has 1 aliphatic carbocycles. The smallest absolute Gasteiger partial charge is 0.311 e. The Morgan fingerprint density at radius 2 is 1.42 bits per heavy atom. The van der Waals surface area contributed by atoms with Crippen LogP contribution in [0.2, 0.25) is 0 Å². The molecule has 0 N–H and O–H groups in total. The second kappa shape index (κ2) is 6.27. The van der Waals surface area contributed by atoms with Crippen LogP contribution in [0.15, 0.2) is 72.8 Å². The molecule has 3 rings (SSSR count). The van der Waals surface area contributed by atoms with Crippen LogP contribution in [0.25, 0.3) is 0 Å². The minimum Gasteiger partial charge on any atom is -0.466 e. The summed E-state index contributed by atoms with van der Waals surface area (Å²) in [6.45, 7) is 6.47. The van der Waals surface area contributed by atoms with Crippen LogP contribution in [-0.4, -0.2) is 12.6 Å². The van der Waals surface area contributed by atoms with Crippen LogP contribution in [0.1, 0.15) is 31.9 Å². The largest absolute Gasteiger partial charge is 0.466 e. The number of esters is 1. The van der Waals surface area contributed by atoms with E-state index in [9.17, 15) is 4.79 Å². The first-order valence-corrected chi connectivity index (χ1v) is 8.50. The van der Waals surface area contributed by atoms with Crippen LogP contribution in [0.4, 0.5) is 0 Å². The Bertz CT molecular complexity index is 690. The highest BCUT2D eigenvalue weighted by Gasteiger charge is 2.55. The highest BCUT2D eigenvalue weighted by Crippen LogP contribution is 2.54. The maximum absolute atomic E-state index is 13.0. The van der Waals surface area contributed by atoms with E-state index in [4.69, 9.17) is 4.74 Å². The van der Waals surface area contributed by atoms with E-state index < -0.39 is 5.41 Å². The Balaban J connectivity index is 2.25. The number of rotatable bonds is 4. The second-order valence-corrected chi connectivity index (χ2v) is 6.94. The van der Waals surface area contributed by atoms with Gasteiger partial charge in [0.15, 0.2) is 0 Å². The highest BCUT2D eigenvalue weighted by molar-refractivity contribution is 5.80. The molecular formula is C22H24O2. The molecule has 0 fully saturated rings. The Hall–Kier alpha value is -2.35. The Labute approximate surface area is 144 Å². The van der Waals surface area contributed by atoms with E-state index in [1.165, 1.54) is 0 Å². The predicted molar refractivity (Wildman–Crippen MR) is 96.7 cm³/mol. The zero-order valence-electron chi connectivity index (χ0n) is 14.5. The van der Waals surface area contributed by atoms with Gasteiger partial charge in [0, 0.05) is 0 Å². The van der Waals surface area contributed by atoms with E-state index in [0.717, 1.165) is 11.1 Å². The summed E-state index contributed by atoms with van der Waals surface area (Å²) >= 11 is 0. The lowest BCUT2D eigenvalue weighted by Gasteiger charge is -2.39. The van der Waals surface area contributed by atoms with Crippen LogP contribution in [0, 0.1) is 11.3 Å². The quantitative estimate of drug-likeness (QED) is 0.600. The molecule has 0 spiro atoms. The van der Waals surface area contributed by atoms with Crippen molar-refractivity contribution in [1.82, 2.24) is 0 Å². The van der Waals surface area contributed by atoms with Gasteiger partial charge >= 0.3 is 5.97 Å². The standard InChI is InChI=1S/C22H24O2/c1-4-24-20(23)19-21(2,3)15-16-22(19,17-11-7-5-8-12-17)18-13-9-6-10-14-18/h5-16,19H,4H2,1-3H3. The van der Waals surface area contributed by atoms with E-state index >= 15 is 0 Å². The maximum atomic E-state index is 13.0. The molecular weight excluding hydrogens is 296 g/mol. The topological polar surface area (TPSA) is 26.3 Å². The van der Waals surface area contributed by atoms with Gasteiger partial charge in [0.25, 0.3) is 0 Å². The zero-order valence-corrected chi connectivity index (χ0v) is 14.5. The number of ether oxygens (including phenoxy) is 1. The van der Waals surface area contributed by atoms with Crippen molar-refractivity contribution in [2.24, 2.45) is 11.3 Å². The van der Waals surface area contributed by atoms with Gasteiger partial charge in [-0.25, -0.2) is 0 Å². The molecule has 0 heterocycles. The van der Waals surface area contributed by atoms with Gasteiger partial charge in [-0.15, -0.1) is 0 Å². The van der Waals surface area contributed by atoms with Gasteiger partial charge in [0.2, 0.25) is 0 Å². The summed E-state index contributed by atoms with van der Waals surface area (Å²) in [7, 11) is 0. The van der Waals surface area contributed by atoms with E-state index in [2.05, 4.69) is 50.3 Å². The van der Waals surface area contributed by atoms with Gasteiger partial charge in [0.05, 0.1) is 17.9 Å². The van der Waals surface area contributed by atoms with Gasteiger partial charge in [-0.05, 0) is 23.5 Å². The van der Waals surface area contributed by atoms with Crippen LogP contribution in [0.3, 0.4) is 0 Å². The van der Waals surface area contributed by atoms with E-state index in [1.807, 2.05) is 43.3 Å². The van der Waals surface area contributed by atoms with Crippen molar-refractivity contribution in [3.05, 3.63) is 83.9 Å². The first-order chi connectivity index (χ1) is 11.5. The molecule has 24 heavy (non-hydrogen) atoms. The minimum absolute atomic E-state index is 0.139. The maximum Gasteiger partial charge on any atom is 0.311 e. The summed E-state index contributed by atoms with van der Waals surface area (Å²) < 4.78 is 5.48. The number of carbonyl (C=O) groups excluding carboxylic acids is 1. The summed E-state index contributed by atoms with van der Waals surface area (Å²) in [5.74, 6) is -0.435. The van der Waals surface area contributed by atoms with Crippen LogP contribution in [0.5, 0.6) is 0 Å². The first kappa shape index (κ1) is 16.5. The van der Waals surface area contributed by atoms with E-state index in [1.54, 1.807) is 0 Å². The molecule has 2 aromatic carbocycles. The molecule has 1 atom stereocenters. The zero-order chi connectivity index (χ0) is 17.2. The predicted octanol–water partition coefficient (Wildman–Crippen LogP) is 4.75. The highest BCUT2D eigenvalue weighted by atomic mass is 16.5. The first-order valence-electron chi connectivity index (χ1n) is 8.50. The minimum atomic E-state index is -0.502. The van der Waals surface area contributed by atoms with Gasteiger partial charge in [-0.2, -0.15) is 0 Å². The fraction of sp³-hybridized carbons (Fsp3) is 0.318. The Kier molecular flexibility index (Phi) is 4.31. The third-order valence-corrected chi connectivity index (χ3v) is 5.00. The molecule has 0 aromatic heterocycles. The number of benzene rings is 2. The van der Waals surface area contributed by atoms with Gasteiger partial charge in [-0.1, -0.05) is 86.7 Å². The van der Waals surface area contributed by atoms with Crippen LogP contribution in [-0.2, 0) is 14.9 Å². The molecule has 2 heteroatoms. The Morgan fingerprint density at radius 3 is 1.88 bits per heavy atom. The molecule has 0 bridgehead atoms. The summed E-state index contributed by atoms with van der Waals surface area (Å²) in [4.78, 5) is 13.0. The molecule has 0 aliphatic heterocycles. The third kappa shape index (κ3) is 2.56. The summed E-state index contributed by atoms with van der Waals surface area (Å²) in [5, 5.41) is 0. The van der Waals surface area contributed by atoms with Crippen LogP contribution >= 0.6 is 0 Å². The summed E-state index contributed by atoms with van der Waals surface area (Å²) in [6, 6.07) is 20.5. The summed E-state index contributed by atoms with van der Waals surface area (Å²) in [6.07, 6.45) is 4.35. The molecule has 2 nitrogen and oxygen atoms in total. The van der Waals surface area contributed by atoms with Gasteiger partial charge < -0.3 is 4.74 Å². The van der Waals surface area contributed by atoms with Crippen molar-refractivity contribution in [2.75, 3.05) is 6.61 Å². The fourth-order valence-electron chi connectivity index (χ4n) is 3.96. The van der Waals surface area contributed by atoms with Crippen molar-refractivity contribution in [1.29, 1.82) is 0 Å². The van der Waals surface area contributed by atoms with Crippen LogP contribution < -0.4 is 0 Å². The number of hydrogen-bond donors (Lipinski definition) is 0. The van der Waals surface area contributed by atoms with Crippen molar-refractivity contribution in [3.8, 4) is 0 Å². The lowest BCUT2D eigenvalue weighted by molar-refractivity contribution is -0.152. The third-order valence-electron chi connectivity index (χ3n) is 5.00. The van der Waals surface area contributed by atoms with Crippen molar-refractivity contribution in [3.63, 3.8) is 0 Å². The normalized spacial score (nSPS) is 20.7. The number of hydrogen-bond acceptors (Lipinski definition) is 2. The molecule has 1 unspecified atom stereocenters. The lowest BCUT2D eigenvalue weighted by Crippen LogP contribution is -2.43. The van der Waals surface area contributed by atoms with Crippen molar-refractivity contribution in [2.45, 2.75) is 26.2 Å². The average molecular weight is 320 g/mol. The van der Waals surface area contributed by atoms with Gasteiger partial charge in [0.1, 0.15) is 0 Å². The molecule has 0 radical (unpaired) electrons. The Morgan fingerprint density at radius 1 is 0.917 bits per heavy atom. The molecule has 0 saturated carbocycles. The molecule has 0 saturated heterocycles. The van der Waals surface area contributed by atoms with Crippen molar-refractivity contribution >= 4 is 5.97 Å². The molecule has 124 valence electrons. The fourth-order valence-corrected chi connectivity index (χ4v) is 3.96. The number of carbonyl (C=O) groups is 1. The summed E-state index contributed by atoms with van der Waals surface area (Å²) in [5.41, 5.74) is 1.46. The second-order valence-electron chi connectivity index (χ2n) is 6.94. The van der Waals surface area contributed by atoms with Gasteiger partial charge in [-0.3, -0.25) is 4.79 Å².